The third-order valence-electron chi connectivity index (χ3n) is 4.31. The number of ether oxygens (including phenoxy) is 1. The zero-order valence-electron chi connectivity index (χ0n) is 15.2. The molecule has 0 aliphatic carbocycles. The van der Waals surface area contributed by atoms with Crippen LogP contribution >= 0.6 is 0 Å². The van der Waals surface area contributed by atoms with Crippen LogP contribution < -0.4 is 9.80 Å². The Kier molecular flexibility index (Phi) is 5.81. The first kappa shape index (κ1) is 19.2. The van der Waals surface area contributed by atoms with E-state index in [0.717, 1.165) is 5.56 Å². The van der Waals surface area contributed by atoms with Crippen LogP contribution in [0.25, 0.3) is 6.08 Å². The summed E-state index contributed by atoms with van der Waals surface area (Å²) in [7, 11) is 1.53. The summed E-state index contributed by atoms with van der Waals surface area (Å²) >= 11 is 0. The van der Waals surface area contributed by atoms with E-state index in [0.29, 0.717) is 24.5 Å². The Morgan fingerprint density at radius 1 is 1.21 bits per heavy atom. The molecule has 8 heteroatoms. The van der Waals surface area contributed by atoms with Gasteiger partial charge >= 0.3 is 5.97 Å². The Morgan fingerprint density at radius 2 is 1.96 bits per heavy atom. The lowest BCUT2D eigenvalue weighted by molar-refractivity contribution is -0.121. The van der Waals surface area contributed by atoms with Gasteiger partial charge in [0.2, 0.25) is 5.91 Å². The Labute approximate surface area is 161 Å². The molecule has 2 amide bonds. The number of carboxylic acids is 1. The number of carbonyl (C=O) groups excluding carboxylic acids is 2. The van der Waals surface area contributed by atoms with Crippen LogP contribution in [0.1, 0.15) is 15.9 Å². The van der Waals surface area contributed by atoms with E-state index in [4.69, 9.17) is 4.74 Å². The van der Waals surface area contributed by atoms with Crippen molar-refractivity contribution >= 4 is 35.2 Å². The van der Waals surface area contributed by atoms with Crippen molar-refractivity contribution in [3.8, 4) is 0 Å². The van der Waals surface area contributed by atoms with E-state index in [1.54, 1.807) is 36.7 Å². The number of hydrogen-bond acceptors (Lipinski definition) is 5. The van der Waals surface area contributed by atoms with Crippen molar-refractivity contribution in [3.05, 3.63) is 59.9 Å². The minimum Gasteiger partial charge on any atom is -0.478 e. The van der Waals surface area contributed by atoms with Crippen LogP contribution in [0.3, 0.4) is 0 Å². The first-order valence-electron chi connectivity index (χ1n) is 8.57. The summed E-state index contributed by atoms with van der Waals surface area (Å²) in [6.07, 6.45) is 6.19. The zero-order valence-corrected chi connectivity index (χ0v) is 15.2. The Hall–Kier alpha value is -3.52. The molecule has 0 saturated heterocycles. The van der Waals surface area contributed by atoms with Crippen LogP contribution in [0.15, 0.2) is 48.8 Å². The predicted molar refractivity (Wildman–Crippen MR) is 103 cm³/mol. The smallest absolute Gasteiger partial charge is 0.335 e. The largest absolute Gasteiger partial charge is 0.478 e. The number of pyridine rings is 1. The zero-order chi connectivity index (χ0) is 20.1. The lowest BCUT2D eigenvalue weighted by Gasteiger charge is -2.35. The lowest BCUT2D eigenvalue weighted by Crippen LogP contribution is -2.48. The number of hydrogen-bond donors (Lipinski definition) is 1. The van der Waals surface area contributed by atoms with Crippen LogP contribution in [0.4, 0.5) is 11.4 Å². The van der Waals surface area contributed by atoms with Crippen molar-refractivity contribution in [2.75, 3.05) is 36.6 Å². The first-order chi connectivity index (χ1) is 13.5. The molecule has 28 heavy (non-hydrogen) atoms. The van der Waals surface area contributed by atoms with Crippen molar-refractivity contribution in [1.82, 2.24) is 4.98 Å². The topological polar surface area (TPSA) is 100 Å². The average Bonchev–Trinajstić information content (AvgIpc) is 2.71. The second-order valence-corrected chi connectivity index (χ2v) is 6.09. The molecular formula is C20H19N3O5. The highest BCUT2D eigenvalue weighted by Gasteiger charge is 2.32. The van der Waals surface area contributed by atoms with Crippen LogP contribution in [0.2, 0.25) is 0 Å². The van der Waals surface area contributed by atoms with Gasteiger partial charge in [-0.2, -0.15) is 0 Å². The maximum absolute atomic E-state index is 12.8. The summed E-state index contributed by atoms with van der Waals surface area (Å²) in [6.45, 7) is 0.449. The number of carbonyl (C=O) groups is 3. The van der Waals surface area contributed by atoms with E-state index in [1.165, 1.54) is 35.1 Å². The van der Waals surface area contributed by atoms with Crippen molar-refractivity contribution in [2.45, 2.75) is 0 Å². The fourth-order valence-corrected chi connectivity index (χ4v) is 2.90. The minimum atomic E-state index is -1.11. The Morgan fingerprint density at radius 3 is 2.64 bits per heavy atom. The summed E-state index contributed by atoms with van der Waals surface area (Å²) in [5.41, 5.74) is 1.67. The van der Waals surface area contributed by atoms with E-state index >= 15 is 0 Å². The number of carboxylic acid groups (broad SMARTS) is 1. The van der Waals surface area contributed by atoms with E-state index in [-0.39, 0.29) is 18.0 Å². The summed E-state index contributed by atoms with van der Waals surface area (Å²) in [4.78, 5) is 43.4. The molecule has 0 spiro atoms. The Balaban J connectivity index is 1.96. The molecule has 3 rings (SSSR count). The second-order valence-electron chi connectivity index (χ2n) is 6.09. The van der Waals surface area contributed by atoms with Crippen molar-refractivity contribution in [3.63, 3.8) is 0 Å². The van der Waals surface area contributed by atoms with Gasteiger partial charge in [-0.05, 0) is 42.0 Å². The number of anilines is 2. The highest BCUT2D eigenvalue weighted by atomic mass is 16.5. The standard InChI is InChI=1S/C20H19N3O5/c1-28-11-10-22-16-4-3-15(20(26)27)12-17(16)23(13-19(22)25)18(24)5-2-14-6-8-21-9-7-14/h2-9,12H,10-11,13H2,1H3,(H,26,27)/b5-2+. The first-order valence-corrected chi connectivity index (χ1v) is 8.57. The van der Waals surface area contributed by atoms with E-state index in [9.17, 15) is 19.5 Å². The summed E-state index contributed by atoms with van der Waals surface area (Å²) in [5, 5.41) is 9.30. The van der Waals surface area contributed by atoms with Crippen molar-refractivity contribution < 1.29 is 24.2 Å². The number of methoxy groups -OCH3 is 1. The van der Waals surface area contributed by atoms with Crippen LogP contribution in [-0.4, -0.2) is 54.7 Å². The monoisotopic (exact) mass is 381 g/mol. The van der Waals surface area contributed by atoms with Gasteiger partial charge in [-0.15, -0.1) is 0 Å². The molecule has 144 valence electrons. The van der Waals surface area contributed by atoms with Gasteiger partial charge in [0.1, 0.15) is 6.54 Å². The molecule has 0 radical (unpaired) electrons. The van der Waals surface area contributed by atoms with Gasteiger partial charge in [0.05, 0.1) is 23.5 Å². The van der Waals surface area contributed by atoms with Gasteiger partial charge in [-0.3, -0.25) is 19.5 Å². The molecule has 1 N–H and O–H groups in total. The minimum absolute atomic E-state index is 0.0377. The molecule has 1 aliphatic heterocycles. The van der Waals surface area contributed by atoms with Crippen LogP contribution in [0, 0.1) is 0 Å². The molecule has 0 atom stereocenters. The quantitative estimate of drug-likeness (QED) is 0.766. The molecule has 0 bridgehead atoms. The molecule has 0 saturated carbocycles. The van der Waals surface area contributed by atoms with Gasteiger partial charge in [0.15, 0.2) is 0 Å². The normalized spacial score (nSPS) is 13.7. The SMILES string of the molecule is COCCN1C(=O)CN(C(=O)/C=C/c2ccncc2)c2cc(C(=O)O)ccc21. The molecule has 1 aromatic carbocycles. The number of aromatic nitrogens is 1. The molecule has 1 aromatic heterocycles. The molecule has 1 aliphatic rings. The Bertz CT molecular complexity index is 927. The van der Waals surface area contributed by atoms with Gasteiger partial charge in [-0.25, -0.2) is 4.79 Å². The maximum atomic E-state index is 12.8. The van der Waals surface area contributed by atoms with Gasteiger partial charge in [0, 0.05) is 32.1 Å². The number of aromatic carboxylic acids is 1. The van der Waals surface area contributed by atoms with Crippen LogP contribution in [0.5, 0.6) is 0 Å². The summed E-state index contributed by atoms with van der Waals surface area (Å²) in [6, 6.07) is 7.84. The average molecular weight is 381 g/mol. The molecule has 0 fully saturated rings. The lowest BCUT2D eigenvalue weighted by atomic mass is 10.1. The maximum Gasteiger partial charge on any atom is 0.335 e. The number of amides is 2. The molecule has 2 aromatic rings. The molecular weight excluding hydrogens is 362 g/mol. The highest BCUT2D eigenvalue weighted by Crippen LogP contribution is 2.34. The van der Waals surface area contributed by atoms with Crippen molar-refractivity contribution in [2.24, 2.45) is 0 Å². The van der Waals surface area contributed by atoms with Crippen LogP contribution in [-0.2, 0) is 14.3 Å². The highest BCUT2D eigenvalue weighted by molar-refractivity contribution is 6.15. The summed E-state index contributed by atoms with van der Waals surface area (Å²) in [5.74, 6) is -1.79. The van der Waals surface area contributed by atoms with E-state index < -0.39 is 11.9 Å². The fraction of sp³-hybridized carbons (Fsp3) is 0.200. The molecule has 8 nitrogen and oxygen atoms in total. The number of benzene rings is 1. The van der Waals surface area contributed by atoms with E-state index in [2.05, 4.69) is 4.98 Å². The third kappa shape index (κ3) is 4.07. The third-order valence-corrected chi connectivity index (χ3v) is 4.31. The molecule has 2 heterocycles. The number of fused-ring (bicyclic) bond motifs is 1. The fourth-order valence-electron chi connectivity index (χ4n) is 2.90. The van der Waals surface area contributed by atoms with E-state index in [1.807, 2.05) is 0 Å². The van der Waals surface area contributed by atoms with Gasteiger partial charge in [0.25, 0.3) is 5.91 Å². The molecule has 0 unspecified atom stereocenters. The predicted octanol–water partition coefficient (Wildman–Crippen LogP) is 1.82. The number of rotatable bonds is 6. The number of nitrogens with zero attached hydrogens (tertiary/aromatic N) is 3. The summed E-state index contributed by atoms with van der Waals surface area (Å²) < 4.78 is 5.05. The second kappa shape index (κ2) is 8.45. The van der Waals surface area contributed by atoms with Gasteiger partial charge < -0.3 is 14.7 Å². The van der Waals surface area contributed by atoms with Crippen molar-refractivity contribution in [1.29, 1.82) is 0 Å². The van der Waals surface area contributed by atoms with Gasteiger partial charge in [-0.1, -0.05) is 0 Å².